The predicted octanol–water partition coefficient (Wildman–Crippen LogP) is 3.00. The summed E-state index contributed by atoms with van der Waals surface area (Å²) >= 11 is 3.37. The number of carbonyl (C=O) groups is 1. The number of carboxylic acid groups (broad SMARTS) is 1. The maximum Gasteiger partial charge on any atom is 0.306 e. The second-order valence-electron chi connectivity index (χ2n) is 4.63. The third kappa shape index (κ3) is 3.78. The van der Waals surface area contributed by atoms with Crippen molar-refractivity contribution in [2.45, 2.75) is 38.4 Å². The van der Waals surface area contributed by atoms with Crippen LogP contribution in [0.5, 0.6) is 0 Å². The summed E-state index contributed by atoms with van der Waals surface area (Å²) in [5, 5.41) is 8.91. The third-order valence-corrected chi connectivity index (χ3v) is 3.70. The molecule has 0 radical (unpaired) electrons. The van der Waals surface area contributed by atoms with Crippen LogP contribution in [0.15, 0.2) is 22.9 Å². The van der Waals surface area contributed by atoms with Gasteiger partial charge in [0.1, 0.15) is 0 Å². The van der Waals surface area contributed by atoms with E-state index in [-0.39, 0.29) is 12.0 Å². The van der Waals surface area contributed by atoms with Crippen LogP contribution in [0.4, 0.5) is 0 Å². The number of halogens is 1. The molecular weight excluding hydrogens is 298 g/mol. The highest BCUT2D eigenvalue weighted by Crippen LogP contribution is 2.27. The second-order valence-corrected chi connectivity index (χ2v) is 5.55. The van der Waals surface area contributed by atoms with Crippen LogP contribution in [0, 0.1) is 5.92 Å². The summed E-state index contributed by atoms with van der Waals surface area (Å²) in [7, 11) is 0. The van der Waals surface area contributed by atoms with Crippen LogP contribution in [0.3, 0.4) is 0 Å². The zero-order valence-corrected chi connectivity index (χ0v) is 11.6. The van der Waals surface area contributed by atoms with Crippen LogP contribution in [-0.4, -0.2) is 22.2 Å². The first-order chi connectivity index (χ1) is 8.65. The van der Waals surface area contributed by atoms with Gasteiger partial charge in [0.2, 0.25) is 0 Å². The van der Waals surface area contributed by atoms with Gasteiger partial charge in [-0.2, -0.15) is 0 Å². The third-order valence-electron chi connectivity index (χ3n) is 3.27. The Balaban J connectivity index is 1.77. The van der Waals surface area contributed by atoms with Crippen molar-refractivity contribution in [3.05, 3.63) is 28.5 Å². The Labute approximate surface area is 115 Å². The second kappa shape index (κ2) is 6.29. The van der Waals surface area contributed by atoms with Crippen molar-refractivity contribution in [3.63, 3.8) is 0 Å². The summed E-state index contributed by atoms with van der Waals surface area (Å²) in [5.74, 6) is -0.859. The molecule has 1 aromatic heterocycles. The molecule has 1 heterocycles. The number of ether oxygens (including phenoxy) is 1. The Hall–Kier alpha value is -0.940. The van der Waals surface area contributed by atoms with E-state index < -0.39 is 5.97 Å². The summed E-state index contributed by atoms with van der Waals surface area (Å²) in [6.07, 6.45) is 6.80. The minimum absolute atomic E-state index is 0.180. The van der Waals surface area contributed by atoms with Crippen molar-refractivity contribution >= 4 is 21.9 Å². The fourth-order valence-electron chi connectivity index (χ4n) is 2.23. The van der Waals surface area contributed by atoms with Crippen LogP contribution >= 0.6 is 15.9 Å². The summed E-state index contributed by atoms with van der Waals surface area (Å²) in [6, 6.07) is 1.98. The van der Waals surface area contributed by atoms with E-state index in [2.05, 4.69) is 20.9 Å². The normalized spacial score (nSPS) is 23.8. The van der Waals surface area contributed by atoms with Gasteiger partial charge in [0.05, 0.1) is 18.6 Å². The molecule has 5 heteroatoms. The molecule has 0 aromatic carbocycles. The van der Waals surface area contributed by atoms with Gasteiger partial charge in [-0.15, -0.1) is 0 Å². The number of hydrogen-bond donors (Lipinski definition) is 1. The average molecular weight is 314 g/mol. The minimum atomic E-state index is -0.676. The molecule has 18 heavy (non-hydrogen) atoms. The molecule has 4 nitrogen and oxygen atoms in total. The lowest BCUT2D eigenvalue weighted by Crippen LogP contribution is -2.25. The first-order valence-corrected chi connectivity index (χ1v) is 6.88. The Kier molecular flexibility index (Phi) is 4.72. The van der Waals surface area contributed by atoms with Crippen LogP contribution in [-0.2, 0) is 16.1 Å². The number of rotatable bonds is 4. The highest BCUT2D eigenvalue weighted by Gasteiger charge is 2.26. The van der Waals surface area contributed by atoms with E-state index in [1.165, 1.54) is 0 Å². The zero-order chi connectivity index (χ0) is 13.0. The molecule has 0 spiro atoms. The van der Waals surface area contributed by atoms with Gasteiger partial charge in [-0.3, -0.25) is 9.78 Å². The van der Waals surface area contributed by atoms with Gasteiger partial charge in [-0.25, -0.2) is 0 Å². The standard InChI is InChI=1S/C13H16BrNO3/c14-11-5-9(6-15-7-11)8-18-12-3-1-10(2-4-12)13(16)17/h5-7,10,12H,1-4,8H2,(H,16,17). The molecule has 98 valence electrons. The number of carboxylic acids is 1. The van der Waals surface area contributed by atoms with Crippen LogP contribution in [0.2, 0.25) is 0 Å². The summed E-state index contributed by atoms with van der Waals surface area (Å²) in [6.45, 7) is 0.537. The molecule has 1 saturated carbocycles. The molecule has 0 aliphatic heterocycles. The Morgan fingerprint density at radius 2 is 2.11 bits per heavy atom. The molecule has 0 amide bonds. The van der Waals surface area contributed by atoms with Gasteiger partial charge in [-0.1, -0.05) is 0 Å². The molecule has 1 aromatic rings. The van der Waals surface area contributed by atoms with E-state index in [9.17, 15) is 4.79 Å². The smallest absolute Gasteiger partial charge is 0.306 e. The van der Waals surface area contributed by atoms with Crippen molar-refractivity contribution < 1.29 is 14.6 Å². The number of aliphatic carboxylic acids is 1. The quantitative estimate of drug-likeness (QED) is 0.928. The molecule has 0 bridgehead atoms. The van der Waals surface area contributed by atoms with E-state index in [1.54, 1.807) is 12.4 Å². The van der Waals surface area contributed by atoms with E-state index in [0.29, 0.717) is 6.61 Å². The van der Waals surface area contributed by atoms with E-state index in [0.717, 1.165) is 35.7 Å². The van der Waals surface area contributed by atoms with Crippen molar-refractivity contribution in [1.29, 1.82) is 0 Å². The fourth-order valence-corrected chi connectivity index (χ4v) is 2.64. The molecule has 1 N–H and O–H groups in total. The molecule has 0 atom stereocenters. The number of hydrogen-bond acceptors (Lipinski definition) is 3. The number of pyridine rings is 1. The van der Waals surface area contributed by atoms with Crippen molar-refractivity contribution in [2.24, 2.45) is 5.92 Å². The van der Waals surface area contributed by atoms with E-state index in [4.69, 9.17) is 9.84 Å². The molecule has 1 aliphatic carbocycles. The molecule has 1 fully saturated rings. The maximum atomic E-state index is 10.8. The highest BCUT2D eigenvalue weighted by atomic mass is 79.9. The topological polar surface area (TPSA) is 59.4 Å². The molecule has 0 unspecified atom stereocenters. The van der Waals surface area contributed by atoms with Gasteiger partial charge in [0.25, 0.3) is 0 Å². The molecule has 2 rings (SSSR count). The lowest BCUT2D eigenvalue weighted by Gasteiger charge is -2.26. The lowest BCUT2D eigenvalue weighted by atomic mass is 9.87. The van der Waals surface area contributed by atoms with Crippen molar-refractivity contribution in [3.8, 4) is 0 Å². The monoisotopic (exact) mass is 313 g/mol. The predicted molar refractivity (Wildman–Crippen MR) is 70.1 cm³/mol. The lowest BCUT2D eigenvalue weighted by molar-refractivity contribution is -0.143. The molecule has 1 aliphatic rings. The average Bonchev–Trinajstić information content (AvgIpc) is 2.37. The number of aromatic nitrogens is 1. The maximum absolute atomic E-state index is 10.8. The van der Waals surface area contributed by atoms with Gasteiger partial charge in [0, 0.05) is 16.9 Å². The van der Waals surface area contributed by atoms with E-state index in [1.807, 2.05) is 6.07 Å². The summed E-state index contributed by atoms with van der Waals surface area (Å²) in [4.78, 5) is 14.9. The summed E-state index contributed by atoms with van der Waals surface area (Å²) < 4.78 is 6.74. The Morgan fingerprint density at radius 1 is 1.39 bits per heavy atom. The Morgan fingerprint density at radius 3 is 2.72 bits per heavy atom. The molecule has 0 saturated heterocycles. The SMILES string of the molecule is O=C(O)C1CCC(OCc2cncc(Br)c2)CC1. The van der Waals surface area contributed by atoms with Crippen LogP contribution < -0.4 is 0 Å². The van der Waals surface area contributed by atoms with Gasteiger partial charge >= 0.3 is 5.97 Å². The largest absolute Gasteiger partial charge is 0.481 e. The highest BCUT2D eigenvalue weighted by molar-refractivity contribution is 9.10. The number of nitrogens with zero attached hydrogens (tertiary/aromatic N) is 1. The van der Waals surface area contributed by atoms with Crippen LogP contribution in [0.25, 0.3) is 0 Å². The van der Waals surface area contributed by atoms with Gasteiger partial charge < -0.3 is 9.84 Å². The van der Waals surface area contributed by atoms with Gasteiger partial charge in [0.15, 0.2) is 0 Å². The van der Waals surface area contributed by atoms with Gasteiger partial charge in [-0.05, 0) is 53.2 Å². The molecular formula is C13H16BrNO3. The van der Waals surface area contributed by atoms with Crippen molar-refractivity contribution in [1.82, 2.24) is 4.98 Å². The van der Waals surface area contributed by atoms with E-state index >= 15 is 0 Å². The first kappa shape index (κ1) is 13.5. The first-order valence-electron chi connectivity index (χ1n) is 6.09. The minimum Gasteiger partial charge on any atom is -0.481 e. The van der Waals surface area contributed by atoms with Crippen LogP contribution in [0.1, 0.15) is 31.2 Å². The summed E-state index contributed by atoms with van der Waals surface area (Å²) in [5.41, 5.74) is 1.03. The Bertz CT molecular complexity index is 416. The fraction of sp³-hybridized carbons (Fsp3) is 0.538. The van der Waals surface area contributed by atoms with Crippen molar-refractivity contribution in [2.75, 3.05) is 0 Å². The zero-order valence-electron chi connectivity index (χ0n) is 10.0.